The van der Waals surface area contributed by atoms with E-state index in [-0.39, 0.29) is 6.04 Å². The highest BCUT2D eigenvalue weighted by atomic mass is 35.5. The number of hydrogen-bond donors (Lipinski definition) is 1. The first-order chi connectivity index (χ1) is 9.51. The first-order valence-electron chi connectivity index (χ1n) is 6.67. The quantitative estimate of drug-likeness (QED) is 0.898. The Morgan fingerprint density at radius 2 is 1.85 bits per heavy atom. The maximum atomic E-state index is 6.14. The zero-order valence-corrected chi connectivity index (χ0v) is 12.7. The van der Waals surface area contributed by atoms with Crippen LogP contribution in [-0.2, 0) is 0 Å². The summed E-state index contributed by atoms with van der Waals surface area (Å²) in [5.74, 6) is 1.46. The molecule has 0 saturated heterocycles. The van der Waals surface area contributed by atoms with Gasteiger partial charge in [-0.25, -0.2) is 0 Å². The van der Waals surface area contributed by atoms with Gasteiger partial charge in [0, 0.05) is 11.1 Å². The summed E-state index contributed by atoms with van der Waals surface area (Å²) in [5.41, 5.74) is 8.81. The molecule has 2 aromatic rings. The highest BCUT2D eigenvalue weighted by Crippen LogP contribution is 2.29. The average Bonchev–Trinajstić information content (AvgIpc) is 2.44. The molecule has 1 atom stereocenters. The molecule has 0 bridgehead atoms. The van der Waals surface area contributed by atoms with Crippen molar-refractivity contribution >= 4 is 11.6 Å². The second-order valence-electron chi connectivity index (χ2n) is 4.91. The van der Waals surface area contributed by atoms with Gasteiger partial charge in [-0.05, 0) is 55.7 Å². The van der Waals surface area contributed by atoms with Crippen molar-refractivity contribution < 1.29 is 4.74 Å². The van der Waals surface area contributed by atoms with Gasteiger partial charge >= 0.3 is 0 Å². The minimum atomic E-state index is -0.0240. The minimum absolute atomic E-state index is 0.0240. The third-order valence-corrected chi connectivity index (χ3v) is 3.82. The Balaban J connectivity index is 2.18. The molecule has 0 amide bonds. The van der Waals surface area contributed by atoms with E-state index in [4.69, 9.17) is 22.1 Å². The lowest BCUT2D eigenvalue weighted by molar-refractivity contribution is 0.478. The summed E-state index contributed by atoms with van der Waals surface area (Å²) in [4.78, 5) is 4.33. The summed E-state index contributed by atoms with van der Waals surface area (Å²) in [6.45, 7) is 5.96. The Bertz CT molecular complexity index is 573. The molecule has 4 heteroatoms. The summed E-state index contributed by atoms with van der Waals surface area (Å²) in [7, 11) is 0. The fraction of sp³-hybridized carbons (Fsp3) is 0.312. The molecule has 0 saturated carbocycles. The largest absolute Gasteiger partial charge is 0.456 e. The lowest BCUT2D eigenvalue weighted by atomic mass is 10.1. The molecule has 0 aliphatic heterocycles. The molecule has 0 aliphatic carbocycles. The van der Waals surface area contributed by atoms with Crippen LogP contribution in [0.3, 0.4) is 0 Å². The summed E-state index contributed by atoms with van der Waals surface area (Å²) < 4.78 is 5.80. The molecule has 1 heterocycles. The van der Waals surface area contributed by atoms with E-state index in [1.165, 1.54) is 0 Å². The van der Waals surface area contributed by atoms with E-state index >= 15 is 0 Å². The monoisotopic (exact) mass is 290 g/mol. The summed E-state index contributed by atoms with van der Waals surface area (Å²) in [6.07, 6.45) is 2.56. The van der Waals surface area contributed by atoms with Gasteiger partial charge in [0.05, 0.1) is 11.9 Å². The van der Waals surface area contributed by atoms with Crippen LogP contribution in [0.5, 0.6) is 11.5 Å². The normalized spacial score (nSPS) is 12.2. The molecule has 0 fully saturated rings. The zero-order chi connectivity index (χ0) is 14.7. The predicted octanol–water partition coefficient (Wildman–Crippen LogP) is 4.55. The van der Waals surface area contributed by atoms with Crippen LogP contribution >= 0.6 is 11.6 Å². The standard InChI is InChI=1S/C16H19ClN2O/c1-4-14(18)15-6-5-12(9-19-15)20-13-7-10(2)16(17)11(3)8-13/h5-9,14H,4,18H2,1-3H3. The number of ether oxygens (including phenoxy) is 1. The second kappa shape index (κ2) is 6.25. The molecular formula is C16H19ClN2O. The zero-order valence-electron chi connectivity index (χ0n) is 12.0. The smallest absolute Gasteiger partial charge is 0.145 e. The van der Waals surface area contributed by atoms with Gasteiger partial charge in [-0.3, -0.25) is 4.98 Å². The van der Waals surface area contributed by atoms with Crippen molar-refractivity contribution in [3.8, 4) is 11.5 Å². The highest BCUT2D eigenvalue weighted by Gasteiger charge is 2.07. The Hall–Kier alpha value is -1.58. The second-order valence-corrected chi connectivity index (χ2v) is 5.28. The van der Waals surface area contributed by atoms with Crippen LogP contribution in [-0.4, -0.2) is 4.98 Å². The first-order valence-corrected chi connectivity index (χ1v) is 7.05. The summed E-state index contributed by atoms with van der Waals surface area (Å²) >= 11 is 6.14. The summed E-state index contributed by atoms with van der Waals surface area (Å²) in [6, 6.07) is 7.60. The average molecular weight is 291 g/mol. The number of pyridine rings is 1. The first kappa shape index (κ1) is 14.8. The van der Waals surface area contributed by atoms with Gasteiger partial charge in [-0.15, -0.1) is 0 Å². The van der Waals surface area contributed by atoms with Crippen molar-refractivity contribution in [1.29, 1.82) is 0 Å². The van der Waals surface area contributed by atoms with E-state index in [9.17, 15) is 0 Å². The SMILES string of the molecule is CCC(N)c1ccc(Oc2cc(C)c(Cl)c(C)c2)cn1. The van der Waals surface area contributed by atoms with Crippen LogP contribution in [0.1, 0.15) is 36.2 Å². The third-order valence-electron chi connectivity index (χ3n) is 3.22. The van der Waals surface area contributed by atoms with E-state index < -0.39 is 0 Å². The Labute approximate surface area is 124 Å². The number of aryl methyl sites for hydroxylation is 2. The van der Waals surface area contributed by atoms with Crippen LogP contribution in [0.4, 0.5) is 0 Å². The van der Waals surface area contributed by atoms with Crippen molar-refractivity contribution in [2.75, 3.05) is 0 Å². The highest BCUT2D eigenvalue weighted by molar-refractivity contribution is 6.32. The van der Waals surface area contributed by atoms with Gasteiger partial charge in [0.1, 0.15) is 11.5 Å². The molecule has 0 spiro atoms. The number of nitrogens with zero attached hydrogens (tertiary/aromatic N) is 1. The Morgan fingerprint density at radius 3 is 2.35 bits per heavy atom. The van der Waals surface area contributed by atoms with Gasteiger partial charge in [-0.2, -0.15) is 0 Å². The fourth-order valence-corrected chi connectivity index (χ4v) is 2.09. The van der Waals surface area contributed by atoms with E-state index in [0.717, 1.165) is 34.0 Å². The number of nitrogens with two attached hydrogens (primary N) is 1. The van der Waals surface area contributed by atoms with Crippen LogP contribution in [0.15, 0.2) is 30.5 Å². The molecule has 20 heavy (non-hydrogen) atoms. The van der Waals surface area contributed by atoms with Gasteiger partial charge < -0.3 is 10.5 Å². The van der Waals surface area contributed by atoms with E-state index in [2.05, 4.69) is 4.98 Å². The van der Waals surface area contributed by atoms with Gasteiger partial charge in [-0.1, -0.05) is 18.5 Å². The number of rotatable bonds is 4. The predicted molar refractivity (Wildman–Crippen MR) is 82.5 cm³/mol. The number of aromatic nitrogens is 1. The minimum Gasteiger partial charge on any atom is -0.456 e. The molecule has 1 aromatic heterocycles. The molecular weight excluding hydrogens is 272 g/mol. The van der Waals surface area contributed by atoms with Crippen LogP contribution in [0, 0.1) is 13.8 Å². The molecule has 1 unspecified atom stereocenters. The van der Waals surface area contributed by atoms with Crippen molar-refractivity contribution in [1.82, 2.24) is 4.98 Å². The topological polar surface area (TPSA) is 48.1 Å². The number of halogens is 1. The van der Waals surface area contributed by atoms with E-state index in [1.807, 2.05) is 45.0 Å². The van der Waals surface area contributed by atoms with Gasteiger partial charge in [0.2, 0.25) is 0 Å². The molecule has 2 N–H and O–H groups in total. The van der Waals surface area contributed by atoms with Crippen LogP contribution < -0.4 is 10.5 Å². The fourth-order valence-electron chi connectivity index (χ4n) is 1.98. The maximum absolute atomic E-state index is 6.14. The lowest BCUT2D eigenvalue weighted by Crippen LogP contribution is -2.10. The van der Waals surface area contributed by atoms with Gasteiger partial charge in [0.15, 0.2) is 0 Å². The van der Waals surface area contributed by atoms with Gasteiger partial charge in [0.25, 0.3) is 0 Å². The van der Waals surface area contributed by atoms with Crippen molar-refractivity contribution in [2.45, 2.75) is 33.2 Å². The Morgan fingerprint density at radius 1 is 1.20 bits per heavy atom. The van der Waals surface area contributed by atoms with E-state index in [1.54, 1.807) is 6.20 Å². The number of hydrogen-bond acceptors (Lipinski definition) is 3. The molecule has 2 rings (SSSR count). The van der Waals surface area contributed by atoms with Crippen molar-refractivity contribution in [3.05, 3.63) is 52.3 Å². The van der Waals surface area contributed by atoms with Crippen molar-refractivity contribution in [3.63, 3.8) is 0 Å². The summed E-state index contributed by atoms with van der Waals surface area (Å²) in [5, 5.41) is 0.778. The third kappa shape index (κ3) is 3.30. The van der Waals surface area contributed by atoms with E-state index in [0.29, 0.717) is 5.75 Å². The van der Waals surface area contributed by atoms with Crippen molar-refractivity contribution in [2.24, 2.45) is 5.73 Å². The Kier molecular flexibility index (Phi) is 4.63. The van der Waals surface area contributed by atoms with Crippen LogP contribution in [0.2, 0.25) is 5.02 Å². The molecule has 1 aromatic carbocycles. The molecule has 106 valence electrons. The molecule has 3 nitrogen and oxygen atoms in total. The maximum Gasteiger partial charge on any atom is 0.145 e. The molecule has 0 aliphatic rings. The van der Waals surface area contributed by atoms with Crippen LogP contribution in [0.25, 0.3) is 0 Å². The lowest BCUT2D eigenvalue weighted by Gasteiger charge is -2.11. The number of benzene rings is 1. The molecule has 0 radical (unpaired) electrons.